The molecule has 0 saturated heterocycles. The number of hydrogen-bond acceptors (Lipinski definition) is 7. The summed E-state index contributed by atoms with van der Waals surface area (Å²) in [6, 6.07) is 16.0. The molecule has 0 radical (unpaired) electrons. The van der Waals surface area contributed by atoms with E-state index in [-0.39, 0.29) is 11.2 Å². The van der Waals surface area contributed by atoms with Gasteiger partial charge in [-0.3, -0.25) is 4.79 Å². The van der Waals surface area contributed by atoms with Crippen LogP contribution in [-0.2, 0) is 5.41 Å². The lowest BCUT2D eigenvalue weighted by atomic mass is 9.84. The smallest absolute Gasteiger partial charge is 0.229 e. The average Bonchev–Trinajstić information content (AvgIpc) is 3.38. The summed E-state index contributed by atoms with van der Waals surface area (Å²) in [6.45, 7) is 10.4. The highest BCUT2D eigenvalue weighted by atomic mass is 32.1. The zero-order chi connectivity index (χ0) is 29.9. The lowest BCUT2D eigenvalue weighted by Crippen LogP contribution is -2.20. The van der Waals surface area contributed by atoms with Crippen molar-refractivity contribution >= 4 is 42.3 Å². The van der Waals surface area contributed by atoms with E-state index in [0.717, 1.165) is 21.6 Å². The molecule has 6 nitrogen and oxygen atoms in total. The van der Waals surface area contributed by atoms with Crippen LogP contribution in [0, 0.1) is 0 Å². The third-order valence-electron chi connectivity index (χ3n) is 6.65. The van der Waals surface area contributed by atoms with E-state index in [1.54, 1.807) is 58.0 Å². The highest BCUT2D eigenvalue weighted by molar-refractivity contribution is 7.22. The zero-order valence-electron chi connectivity index (χ0n) is 25.2. The molecule has 0 fully saturated rings. The van der Waals surface area contributed by atoms with Gasteiger partial charge in [-0.25, -0.2) is 0 Å². The van der Waals surface area contributed by atoms with Crippen LogP contribution in [0.2, 0.25) is 13.1 Å². The molecule has 0 aliphatic heterocycles. The Morgan fingerprint density at radius 3 is 2.10 bits per heavy atom. The van der Waals surface area contributed by atoms with E-state index in [0.29, 0.717) is 34.3 Å². The Morgan fingerprint density at radius 2 is 1.51 bits per heavy atom. The van der Waals surface area contributed by atoms with Gasteiger partial charge in [0.25, 0.3) is 0 Å². The zero-order valence-corrected chi connectivity index (χ0v) is 27.2. The molecule has 41 heavy (non-hydrogen) atoms. The van der Waals surface area contributed by atoms with Crippen molar-refractivity contribution in [3.05, 3.63) is 71.3 Å². The van der Waals surface area contributed by atoms with E-state index >= 15 is 0 Å². The number of ether oxygens (including phenoxy) is 4. The molecule has 3 aromatic carbocycles. The van der Waals surface area contributed by atoms with Crippen LogP contribution in [-0.4, -0.2) is 43.3 Å². The number of ketones is 1. The third-order valence-corrected chi connectivity index (χ3v) is 8.51. The Morgan fingerprint density at radius 1 is 0.829 bits per heavy atom. The predicted molar refractivity (Wildman–Crippen MR) is 171 cm³/mol. The molecule has 1 aromatic heterocycles. The summed E-state index contributed by atoms with van der Waals surface area (Å²) in [4.78, 5) is 14.9. The van der Waals surface area contributed by atoms with Crippen LogP contribution in [0.5, 0.6) is 28.7 Å². The second-order valence-corrected chi connectivity index (χ2v) is 14.3. The molecule has 4 rings (SSSR count). The van der Waals surface area contributed by atoms with E-state index in [2.05, 4.69) is 52.1 Å². The number of hydrogen-bond donors (Lipinski definition) is 0. The lowest BCUT2D eigenvalue weighted by Gasteiger charge is -2.28. The second kappa shape index (κ2) is 12.4. The van der Waals surface area contributed by atoms with Crippen LogP contribution in [0.25, 0.3) is 26.6 Å². The minimum absolute atomic E-state index is 0.229. The topological polar surface area (TPSA) is 63.2 Å². The fourth-order valence-corrected chi connectivity index (χ4v) is 6.62. The van der Waals surface area contributed by atoms with Crippen molar-refractivity contribution in [3.63, 3.8) is 0 Å². The fourth-order valence-electron chi connectivity index (χ4n) is 4.83. The van der Waals surface area contributed by atoms with Crippen molar-refractivity contribution in [2.45, 2.75) is 39.3 Å². The van der Waals surface area contributed by atoms with Crippen molar-refractivity contribution < 1.29 is 28.2 Å². The first-order valence-electron chi connectivity index (χ1n) is 13.5. The summed E-state index contributed by atoms with van der Waals surface area (Å²) < 4.78 is 30.5. The maximum absolute atomic E-state index is 13.8. The van der Waals surface area contributed by atoms with Crippen LogP contribution < -0.4 is 23.4 Å². The summed E-state index contributed by atoms with van der Waals surface area (Å²) in [5, 5.41) is 1.17. The lowest BCUT2D eigenvalue weighted by molar-refractivity contribution is 0.104. The third kappa shape index (κ3) is 6.28. The minimum Gasteiger partial charge on any atom is -0.544 e. The van der Waals surface area contributed by atoms with Gasteiger partial charge in [-0.15, -0.1) is 11.3 Å². The highest BCUT2D eigenvalue weighted by Crippen LogP contribution is 2.47. The highest BCUT2D eigenvalue weighted by Gasteiger charge is 2.31. The molecular weight excluding hydrogens is 553 g/mol. The fraction of sp³-hybridized carbons (Fsp3) is 0.303. The summed E-state index contributed by atoms with van der Waals surface area (Å²) >= 11 is 1.69. The van der Waals surface area contributed by atoms with Gasteiger partial charge in [0.15, 0.2) is 17.3 Å². The summed E-state index contributed by atoms with van der Waals surface area (Å²) in [7, 11) is 4.85. The molecule has 216 valence electrons. The molecule has 0 N–H and O–H groups in total. The summed E-state index contributed by atoms with van der Waals surface area (Å²) in [5.41, 5.74) is 2.62. The number of carbonyl (C=O) groups is 1. The Labute approximate surface area is 248 Å². The molecule has 0 atom stereocenters. The second-order valence-electron chi connectivity index (χ2n) is 10.9. The molecule has 4 aromatic rings. The number of fused-ring (bicyclic) bond motifs is 1. The van der Waals surface area contributed by atoms with Gasteiger partial charge in [0, 0.05) is 32.3 Å². The molecule has 0 amide bonds. The van der Waals surface area contributed by atoms with Crippen LogP contribution >= 0.6 is 11.3 Å². The maximum atomic E-state index is 13.8. The maximum Gasteiger partial charge on any atom is 0.229 e. The molecule has 1 heterocycles. The van der Waals surface area contributed by atoms with E-state index in [9.17, 15) is 4.79 Å². The molecule has 8 heteroatoms. The average molecular weight is 591 g/mol. The molecule has 0 unspecified atom stereocenters. The van der Waals surface area contributed by atoms with Crippen LogP contribution in [0.1, 0.15) is 42.3 Å². The molecule has 0 saturated carbocycles. The van der Waals surface area contributed by atoms with Crippen LogP contribution in [0.3, 0.4) is 0 Å². The predicted octanol–water partition coefficient (Wildman–Crippen LogP) is 8.16. The SMILES string of the molecule is COc1cc(OC)c(-c2cc3ccccc3s2)cc1C=CC(=O)c1cc(OC)c(C(C)(C)C)c(OC)c1O[SiH](C)C. The van der Waals surface area contributed by atoms with Crippen molar-refractivity contribution in [1.29, 1.82) is 0 Å². The largest absolute Gasteiger partial charge is 0.544 e. The Balaban J connectivity index is 1.83. The van der Waals surface area contributed by atoms with Gasteiger partial charge in [0.05, 0.1) is 34.0 Å². The number of allylic oxidation sites excluding steroid dienone is 1. The summed E-state index contributed by atoms with van der Waals surface area (Å²) in [5.74, 6) is 2.64. The molecule has 0 aliphatic carbocycles. The van der Waals surface area contributed by atoms with Gasteiger partial charge >= 0.3 is 0 Å². The van der Waals surface area contributed by atoms with Gasteiger partial charge < -0.3 is 23.4 Å². The first kappa shape index (κ1) is 30.2. The standard InChI is InChI=1S/C33H38O6SSi/c1-33(2,3)30-27(37-6)18-22(31(32(30)38-7)39-41(8)9)24(34)15-14-20-16-23(26(36-5)19-25(20)35-4)29-17-21-12-10-11-13-28(21)40-29/h10-19,41H,1-9H3. The van der Waals surface area contributed by atoms with Gasteiger partial charge in [-0.1, -0.05) is 39.0 Å². The molecule has 0 aliphatic rings. The van der Waals surface area contributed by atoms with E-state index in [1.807, 2.05) is 24.3 Å². The number of thiophene rings is 1. The van der Waals surface area contributed by atoms with E-state index in [4.69, 9.17) is 23.4 Å². The monoisotopic (exact) mass is 590 g/mol. The molecule has 0 spiro atoms. The summed E-state index contributed by atoms with van der Waals surface area (Å²) in [6.07, 6.45) is 3.31. The first-order valence-corrected chi connectivity index (χ1v) is 17.1. The first-order chi connectivity index (χ1) is 19.5. The van der Waals surface area contributed by atoms with Crippen molar-refractivity contribution in [2.75, 3.05) is 28.4 Å². The molecular formula is C33H38O6SSi. The number of benzene rings is 3. The Hall–Kier alpha value is -3.75. The van der Waals surface area contributed by atoms with Crippen molar-refractivity contribution in [1.82, 2.24) is 0 Å². The van der Waals surface area contributed by atoms with E-state index in [1.165, 1.54) is 10.1 Å². The Kier molecular flexibility index (Phi) is 9.14. The van der Waals surface area contributed by atoms with Crippen LogP contribution in [0.4, 0.5) is 0 Å². The molecule has 0 bridgehead atoms. The van der Waals surface area contributed by atoms with E-state index < -0.39 is 9.04 Å². The van der Waals surface area contributed by atoms with Crippen molar-refractivity contribution in [3.8, 4) is 39.2 Å². The number of carbonyl (C=O) groups excluding carboxylic acids is 1. The quantitative estimate of drug-likeness (QED) is 0.105. The van der Waals surface area contributed by atoms with Crippen molar-refractivity contribution in [2.24, 2.45) is 0 Å². The van der Waals surface area contributed by atoms with Crippen LogP contribution in [0.15, 0.2) is 54.6 Å². The number of methoxy groups -OCH3 is 4. The Bertz CT molecular complexity index is 1560. The minimum atomic E-state index is -1.59. The van der Waals surface area contributed by atoms with Gasteiger partial charge in [-0.05, 0) is 60.3 Å². The van der Waals surface area contributed by atoms with Gasteiger partial charge in [0.2, 0.25) is 9.04 Å². The normalized spacial score (nSPS) is 11.8. The van der Waals surface area contributed by atoms with Gasteiger partial charge in [-0.2, -0.15) is 0 Å². The van der Waals surface area contributed by atoms with Gasteiger partial charge in [0.1, 0.15) is 17.2 Å². The number of rotatable bonds is 10.